The lowest BCUT2D eigenvalue weighted by atomic mass is 10.1. The van der Waals surface area contributed by atoms with Crippen LogP contribution in [0.2, 0.25) is 0 Å². The highest BCUT2D eigenvalue weighted by molar-refractivity contribution is 7.97. The van der Waals surface area contributed by atoms with Crippen LogP contribution < -0.4 is 4.74 Å². The first kappa shape index (κ1) is 13.7. The lowest BCUT2D eigenvalue weighted by Crippen LogP contribution is -1.82. The van der Waals surface area contributed by atoms with Crippen molar-refractivity contribution in [3.05, 3.63) is 36.2 Å². The Bertz CT molecular complexity index is 721. The number of methoxy groups -OCH3 is 1. The van der Waals surface area contributed by atoms with Gasteiger partial charge in [-0.2, -0.15) is 21.8 Å². The van der Waals surface area contributed by atoms with Gasteiger partial charge in [0.15, 0.2) is 5.82 Å². The van der Waals surface area contributed by atoms with Gasteiger partial charge in [0, 0.05) is 5.56 Å². The fourth-order valence-corrected chi connectivity index (χ4v) is 2.27. The van der Waals surface area contributed by atoms with Gasteiger partial charge in [0.1, 0.15) is 11.4 Å². The Labute approximate surface area is 125 Å². The molecule has 1 aromatic carbocycles. The van der Waals surface area contributed by atoms with Crippen molar-refractivity contribution in [2.45, 2.75) is 5.75 Å². The van der Waals surface area contributed by atoms with Gasteiger partial charge in [-0.05, 0) is 36.6 Å². The van der Waals surface area contributed by atoms with Crippen LogP contribution in [0.5, 0.6) is 5.75 Å². The van der Waals surface area contributed by atoms with Crippen molar-refractivity contribution in [1.29, 1.82) is 0 Å². The molecule has 108 valence electrons. The molecule has 0 radical (unpaired) electrons. The molecule has 1 N–H and O–H groups in total. The number of hydrogen-bond acceptors (Lipinski definition) is 6. The Balaban J connectivity index is 1.84. The Morgan fingerprint density at radius 2 is 2.10 bits per heavy atom. The molecule has 0 unspecified atom stereocenters. The molecule has 0 spiro atoms. The Morgan fingerprint density at radius 1 is 1.29 bits per heavy atom. The summed E-state index contributed by atoms with van der Waals surface area (Å²) in [5.74, 6) is 2.67. The highest BCUT2D eigenvalue weighted by Gasteiger charge is 2.12. The SMILES string of the molecule is COc1ccc(-c2cc(-c3nc(CSC)no3)[nH]n2)cc1. The van der Waals surface area contributed by atoms with Gasteiger partial charge in [0.05, 0.1) is 18.6 Å². The van der Waals surface area contributed by atoms with Crippen molar-refractivity contribution in [3.63, 3.8) is 0 Å². The van der Waals surface area contributed by atoms with Crippen LogP contribution >= 0.6 is 11.8 Å². The molecule has 0 aliphatic rings. The molecule has 0 aliphatic heterocycles. The average Bonchev–Trinajstić information content (AvgIpc) is 3.16. The third kappa shape index (κ3) is 2.92. The van der Waals surface area contributed by atoms with E-state index in [9.17, 15) is 0 Å². The van der Waals surface area contributed by atoms with Crippen LogP contribution in [0.3, 0.4) is 0 Å². The molecule has 21 heavy (non-hydrogen) atoms. The van der Waals surface area contributed by atoms with Crippen molar-refractivity contribution in [2.24, 2.45) is 0 Å². The summed E-state index contributed by atoms with van der Waals surface area (Å²) >= 11 is 1.65. The predicted molar refractivity (Wildman–Crippen MR) is 81.1 cm³/mol. The van der Waals surface area contributed by atoms with Crippen LogP contribution in [0.4, 0.5) is 0 Å². The minimum atomic E-state index is 0.450. The van der Waals surface area contributed by atoms with Gasteiger partial charge in [-0.15, -0.1) is 0 Å². The van der Waals surface area contributed by atoms with Crippen molar-refractivity contribution in [1.82, 2.24) is 20.3 Å². The second kappa shape index (κ2) is 6.01. The third-order valence-corrected chi connectivity index (χ3v) is 3.48. The molecule has 0 aliphatic carbocycles. The zero-order valence-corrected chi connectivity index (χ0v) is 12.5. The lowest BCUT2D eigenvalue weighted by molar-refractivity contribution is 0.415. The van der Waals surface area contributed by atoms with Gasteiger partial charge in [-0.25, -0.2) is 0 Å². The quantitative estimate of drug-likeness (QED) is 0.780. The number of H-pyrrole nitrogens is 1. The fraction of sp³-hybridized carbons (Fsp3) is 0.214. The van der Waals surface area contributed by atoms with E-state index in [2.05, 4.69) is 20.3 Å². The van der Waals surface area contributed by atoms with Gasteiger partial charge >= 0.3 is 0 Å². The van der Waals surface area contributed by atoms with E-state index in [1.807, 2.05) is 36.6 Å². The van der Waals surface area contributed by atoms with Gasteiger partial charge in [0.25, 0.3) is 5.89 Å². The summed E-state index contributed by atoms with van der Waals surface area (Å²) in [5.41, 5.74) is 2.51. The van der Waals surface area contributed by atoms with Crippen LogP contribution in [0.1, 0.15) is 5.82 Å². The van der Waals surface area contributed by atoms with E-state index in [1.165, 1.54) is 0 Å². The smallest absolute Gasteiger partial charge is 0.275 e. The molecule has 0 fully saturated rings. The highest BCUT2D eigenvalue weighted by atomic mass is 32.2. The van der Waals surface area contributed by atoms with E-state index in [0.717, 1.165) is 22.8 Å². The molecular weight excluding hydrogens is 288 g/mol. The first-order valence-electron chi connectivity index (χ1n) is 6.32. The molecule has 2 heterocycles. The molecule has 0 amide bonds. The van der Waals surface area contributed by atoms with E-state index in [-0.39, 0.29) is 0 Å². The standard InChI is InChI=1S/C14H14N4O2S/c1-19-10-5-3-9(4-6-10)11-7-12(17-16-11)14-15-13(8-21-2)18-20-14/h3-7H,8H2,1-2H3,(H,16,17). The average molecular weight is 302 g/mol. The minimum absolute atomic E-state index is 0.450. The molecule has 0 atom stereocenters. The first-order chi connectivity index (χ1) is 10.3. The summed E-state index contributed by atoms with van der Waals surface area (Å²) in [6.45, 7) is 0. The van der Waals surface area contributed by atoms with Gasteiger partial charge in [-0.1, -0.05) is 5.16 Å². The van der Waals surface area contributed by atoms with E-state index in [4.69, 9.17) is 9.26 Å². The highest BCUT2D eigenvalue weighted by Crippen LogP contribution is 2.24. The number of benzene rings is 1. The van der Waals surface area contributed by atoms with E-state index < -0.39 is 0 Å². The van der Waals surface area contributed by atoms with Crippen molar-refractivity contribution in [2.75, 3.05) is 13.4 Å². The summed E-state index contributed by atoms with van der Waals surface area (Å²) in [7, 11) is 1.64. The van der Waals surface area contributed by atoms with E-state index in [1.54, 1.807) is 18.9 Å². The monoisotopic (exact) mass is 302 g/mol. The number of thioether (sulfide) groups is 1. The normalized spacial score (nSPS) is 10.8. The van der Waals surface area contributed by atoms with E-state index >= 15 is 0 Å². The van der Waals surface area contributed by atoms with Crippen LogP contribution in [0, 0.1) is 0 Å². The summed E-state index contributed by atoms with van der Waals surface area (Å²) < 4.78 is 10.4. The number of hydrogen-bond donors (Lipinski definition) is 1. The molecule has 0 saturated carbocycles. The van der Waals surface area contributed by atoms with Crippen LogP contribution in [-0.4, -0.2) is 33.7 Å². The predicted octanol–water partition coefficient (Wildman–Crippen LogP) is 3.00. The van der Waals surface area contributed by atoms with Gasteiger partial charge < -0.3 is 9.26 Å². The number of rotatable bonds is 5. The van der Waals surface area contributed by atoms with Crippen molar-refractivity contribution >= 4 is 11.8 Å². The molecule has 2 aromatic heterocycles. The largest absolute Gasteiger partial charge is 0.497 e. The van der Waals surface area contributed by atoms with Crippen LogP contribution in [-0.2, 0) is 5.75 Å². The summed E-state index contributed by atoms with van der Waals surface area (Å²) in [6.07, 6.45) is 1.99. The molecule has 3 rings (SSSR count). The fourth-order valence-electron chi connectivity index (χ4n) is 1.89. The lowest BCUT2D eigenvalue weighted by Gasteiger charge is -1.99. The topological polar surface area (TPSA) is 76.8 Å². The molecule has 0 saturated heterocycles. The number of aromatic amines is 1. The zero-order chi connectivity index (χ0) is 14.7. The second-order valence-electron chi connectivity index (χ2n) is 4.34. The second-order valence-corrected chi connectivity index (χ2v) is 5.21. The molecule has 3 aromatic rings. The maximum atomic E-state index is 5.22. The van der Waals surface area contributed by atoms with Gasteiger partial charge in [0.2, 0.25) is 0 Å². The maximum Gasteiger partial charge on any atom is 0.275 e. The third-order valence-electron chi connectivity index (χ3n) is 2.94. The van der Waals surface area contributed by atoms with Gasteiger partial charge in [-0.3, -0.25) is 5.10 Å². The van der Waals surface area contributed by atoms with E-state index in [0.29, 0.717) is 17.4 Å². The Kier molecular flexibility index (Phi) is 3.92. The molecule has 7 heteroatoms. The number of aromatic nitrogens is 4. The minimum Gasteiger partial charge on any atom is -0.497 e. The van der Waals surface area contributed by atoms with Crippen LogP contribution in [0.15, 0.2) is 34.9 Å². The number of nitrogens with zero attached hydrogens (tertiary/aromatic N) is 3. The Hall–Kier alpha value is -2.28. The Morgan fingerprint density at radius 3 is 2.81 bits per heavy atom. The van der Waals surface area contributed by atoms with Crippen molar-refractivity contribution < 1.29 is 9.26 Å². The number of nitrogens with one attached hydrogen (secondary N) is 1. The molecule has 6 nitrogen and oxygen atoms in total. The summed E-state index contributed by atoms with van der Waals surface area (Å²) in [5, 5.41) is 11.1. The van der Waals surface area contributed by atoms with Crippen LogP contribution in [0.25, 0.3) is 22.8 Å². The first-order valence-corrected chi connectivity index (χ1v) is 7.71. The summed E-state index contributed by atoms with van der Waals surface area (Å²) in [4.78, 5) is 4.31. The number of ether oxygens (including phenoxy) is 1. The maximum absolute atomic E-state index is 5.22. The van der Waals surface area contributed by atoms with Crippen molar-refractivity contribution in [3.8, 4) is 28.6 Å². The molecular formula is C14H14N4O2S. The molecule has 0 bridgehead atoms. The summed E-state index contributed by atoms with van der Waals surface area (Å²) in [6, 6.07) is 9.58. The zero-order valence-electron chi connectivity index (χ0n) is 11.7.